The van der Waals surface area contributed by atoms with E-state index in [-0.39, 0.29) is 24.6 Å². The third-order valence-corrected chi connectivity index (χ3v) is 8.02. The maximum atomic E-state index is 13.4. The first-order valence-electron chi connectivity index (χ1n) is 15.1. The Bertz CT molecular complexity index is 1720. The minimum atomic E-state index is -0.991. The molecule has 0 unspecified atom stereocenters. The second-order valence-corrected chi connectivity index (χ2v) is 11.3. The Hall–Kier alpha value is -4.88. The van der Waals surface area contributed by atoms with E-state index in [1.165, 1.54) is 0 Å². The SMILES string of the molecule is CCCCc1nc(Cl)c(COC(=O)[C@@H](CCC(=O)O)N(C)Cc2ncc[nH]2)n1Cc1ccc(-c2ccccc2-c2nn[nH]n2)cc1. The van der Waals surface area contributed by atoms with Crippen molar-refractivity contribution in [2.24, 2.45) is 0 Å². The molecular weight excluding hydrogens is 610 g/mol. The lowest BCUT2D eigenvalue weighted by Gasteiger charge is -2.25. The summed E-state index contributed by atoms with van der Waals surface area (Å²) in [5.74, 6) is 0.447. The second-order valence-electron chi connectivity index (χ2n) is 10.9. The molecule has 14 heteroatoms. The van der Waals surface area contributed by atoms with Crippen molar-refractivity contribution < 1.29 is 19.4 Å². The molecular formula is C32H36ClN9O4. The zero-order chi connectivity index (χ0) is 32.5. The van der Waals surface area contributed by atoms with Crippen molar-refractivity contribution in [1.82, 2.24) is 45.0 Å². The number of tetrazole rings is 1. The standard InChI is InChI=1S/C32H36ClN9O4/c1-3-4-9-28-36-30(33)26(20-46-32(45)25(14-15-29(43)44)41(2)19-27-34-16-17-35-27)42(28)18-21-10-12-22(13-11-21)23-7-5-6-8-24(23)31-37-39-40-38-31/h5-8,10-13,16-17,25H,3-4,9,14-15,18-20H2,1-2H3,(H,34,35)(H,43,44)(H,37,38,39,40)/t25-/m1/s1. The fourth-order valence-corrected chi connectivity index (χ4v) is 5.53. The number of esters is 1. The average molecular weight is 646 g/mol. The number of hydrogen-bond donors (Lipinski definition) is 3. The van der Waals surface area contributed by atoms with Gasteiger partial charge in [-0.1, -0.05) is 73.5 Å². The van der Waals surface area contributed by atoms with Crippen molar-refractivity contribution in [1.29, 1.82) is 0 Å². The van der Waals surface area contributed by atoms with Crippen LogP contribution in [-0.2, 0) is 40.4 Å². The number of imidazole rings is 2. The lowest BCUT2D eigenvalue weighted by Crippen LogP contribution is -2.40. The van der Waals surface area contributed by atoms with Crippen molar-refractivity contribution in [2.45, 2.75) is 64.8 Å². The van der Waals surface area contributed by atoms with Crippen LogP contribution in [0.4, 0.5) is 0 Å². The number of aryl methyl sites for hydroxylation is 1. The number of carboxylic acid groups (broad SMARTS) is 1. The van der Waals surface area contributed by atoms with Crippen LogP contribution in [0.25, 0.3) is 22.5 Å². The first-order chi connectivity index (χ1) is 22.3. The van der Waals surface area contributed by atoms with Gasteiger partial charge in [-0.15, -0.1) is 10.2 Å². The summed E-state index contributed by atoms with van der Waals surface area (Å²) in [6.45, 7) is 2.80. The number of likely N-dealkylation sites (N-methyl/N-ethyl adjacent to an activating group) is 1. The number of benzene rings is 2. The van der Waals surface area contributed by atoms with Gasteiger partial charge in [-0.2, -0.15) is 5.21 Å². The van der Waals surface area contributed by atoms with E-state index in [1.54, 1.807) is 24.3 Å². The molecule has 0 saturated carbocycles. The normalized spacial score (nSPS) is 12.0. The third kappa shape index (κ3) is 8.03. The molecule has 13 nitrogen and oxygen atoms in total. The molecule has 0 spiro atoms. The predicted octanol–water partition coefficient (Wildman–Crippen LogP) is 4.91. The number of ether oxygens (including phenoxy) is 1. The van der Waals surface area contributed by atoms with Gasteiger partial charge >= 0.3 is 11.9 Å². The summed E-state index contributed by atoms with van der Waals surface area (Å²) < 4.78 is 7.80. The highest BCUT2D eigenvalue weighted by atomic mass is 35.5. The van der Waals surface area contributed by atoms with E-state index in [9.17, 15) is 14.7 Å². The molecule has 3 heterocycles. The van der Waals surface area contributed by atoms with Crippen molar-refractivity contribution in [2.75, 3.05) is 7.05 Å². The van der Waals surface area contributed by atoms with Gasteiger partial charge in [0.2, 0.25) is 5.82 Å². The van der Waals surface area contributed by atoms with E-state index < -0.39 is 18.0 Å². The molecule has 1 atom stereocenters. The molecule has 0 saturated heterocycles. The number of carbonyl (C=O) groups is 2. The number of hydrogen-bond acceptors (Lipinski definition) is 9. The molecule has 3 aromatic heterocycles. The van der Waals surface area contributed by atoms with Crippen LogP contribution in [0, 0.1) is 0 Å². The van der Waals surface area contributed by atoms with E-state index in [4.69, 9.17) is 16.3 Å². The molecule has 0 aliphatic carbocycles. The zero-order valence-electron chi connectivity index (χ0n) is 25.7. The minimum Gasteiger partial charge on any atom is -0.481 e. The number of nitrogens with one attached hydrogen (secondary N) is 2. The number of nitrogens with zero attached hydrogens (tertiary/aromatic N) is 7. The summed E-state index contributed by atoms with van der Waals surface area (Å²) in [5, 5.41) is 24.0. The molecule has 240 valence electrons. The molecule has 5 rings (SSSR count). The highest BCUT2D eigenvalue weighted by Gasteiger charge is 2.27. The number of unbranched alkanes of at least 4 members (excludes halogenated alkanes) is 1. The first-order valence-corrected chi connectivity index (χ1v) is 15.4. The molecule has 46 heavy (non-hydrogen) atoms. The Morgan fingerprint density at radius 1 is 1.13 bits per heavy atom. The van der Waals surface area contributed by atoms with Gasteiger partial charge in [-0.25, -0.2) is 9.97 Å². The molecule has 0 amide bonds. The maximum absolute atomic E-state index is 13.4. The Balaban J connectivity index is 1.35. The molecule has 0 radical (unpaired) electrons. The number of halogens is 1. The molecule has 0 aliphatic heterocycles. The average Bonchev–Trinajstić information content (AvgIpc) is 3.83. The summed E-state index contributed by atoms with van der Waals surface area (Å²) in [7, 11) is 1.74. The zero-order valence-corrected chi connectivity index (χ0v) is 26.4. The first kappa shape index (κ1) is 32.5. The molecule has 3 N–H and O–H groups in total. The Morgan fingerprint density at radius 2 is 1.91 bits per heavy atom. The van der Waals surface area contributed by atoms with Crippen LogP contribution in [0.15, 0.2) is 60.9 Å². The molecule has 0 aliphatic rings. The van der Waals surface area contributed by atoms with Gasteiger partial charge in [0.1, 0.15) is 24.3 Å². The number of rotatable bonds is 16. The molecule has 2 aromatic carbocycles. The van der Waals surface area contributed by atoms with E-state index in [0.29, 0.717) is 36.9 Å². The Labute approximate surface area is 271 Å². The van der Waals surface area contributed by atoms with Crippen molar-refractivity contribution >= 4 is 23.5 Å². The summed E-state index contributed by atoms with van der Waals surface area (Å²) >= 11 is 6.65. The minimum absolute atomic E-state index is 0.0856. The number of aliphatic carboxylic acids is 1. The lowest BCUT2D eigenvalue weighted by molar-refractivity contribution is -0.152. The van der Waals surface area contributed by atoms with Gasteiger partial charge in [-0.3, -0.25) is 14.5 Å². The van der Waals surface area contributed by atoms with Crippen LogP contribution in [0.5, 0.6) is 0 Å². The molecule has 5 aromatic rings. The Kier molecular flexibility index (Phi) is 10.9. The Morgan fingerprint density at radius 3 is 2.59 bits per heavy atom. The number of H-pyrrole nitrogens is 2. The number of carboxylic acids is 1. The van der Waals surface area contributed by atoms with Gasteiger partial charge in [0, 0.05) is 37.3 Å². The van der Waals surface area contributed by atoms with Crippen LogP contribution >= 0.6 is 11.6 Å². The number of aromatic amines is 2. The van der Waals surface area contributed by atoms with Gasteiger partial charge in [0.15, 0.2) is 5.15 Å². The maximum Gasteiger partial charge on any atom is 0.323 e. The summed E-state index contributed by atoms with van der Waals surface area (Å²) in [4.78, 5) is 38.3. The van der Waals surface area contributed by atoms with Gasteiger partial charge < -0.3 is 19.4 Å². The quantitative estimate of drug-likeness (QED) is 0.125. The molecule has 0 bridgehead atoms. The van der Waals surface area contributed by atoms with Crippen LogP contribution < -0.4 is 0 Å². The largest absolute Gasteiger partial charge is 0.481 e. The highest BCUT2D eigenvalue weighted by Crippen LogP contribution is 2.30. The number of aromatic nitrogens is 8. The van der Waals surface area contributed by atoms with E-state index in [0.717, 1.165) is 40.9 Å². The summed E-state index contributed by atoms with van der Waals surface area (Å²) in [6.07, 6.45) is 5.84. The predicted molar refractivity (Wildman–Crippen MR) is 171 cm³/mol. The fraction of sp³-hybridized carbons (Fsp3) is 0.344. The van der Waals surface area contributed by atoms with Crippen LogP contribution in [0.1, 0.15) is 55.5 Å². The highest BCUT2D eigenvalue weighted by molar-refractivity contribution is 6.30. The van der Waals surface area contributed by atoms with E-state index in [2.05, 4.69) is 42.5 Å². The van der Waals surface area contributed by atoms with Gasteiger partial charge in [-0.05, 0) is 41.8 Å². The second kappa shape index (κ2) is 15.4. The van der Waals surface area contributed by atoms with Crippen LogP contribution in [-0.4, -0.2) is 75.2 Å². The summed E-state index contributed by atoms with van der Waals surface area (Å²) in [5.41, 5.74) is 4.44. The van der Waals surface area contributed by atoms with Gasteiger partial charge in [0.05, 0.1) is 12.2 Å². The van der Waals surface area contributed by atoms with E-state index in [1.807, 2.05) is 53.1 Å². The van der Waals surface area contributed by atoms with Crippen LogP contribution in [0.3, 0.4) is 0 Å². The monoisotopic (exact) mass is 645 g/mol. The van der Waals surface area contributed by atoms with Crippen molar-refractivity contribution in [3.63, 3.8) is 0 Å². The lowest BCUT2D eigenvalue weighted by atomic mass is 9.98. The molecule has 0 fully saturated rings. The van der Waals surface area contributed by atoms with Crippen molar-refractivity contribution in [3.8, 4) is 22.5 Å². The number of carbonyl (C=O) groups excluding carboxylic acids is 1. The van der Waals surface area contributed by atoms with E-state index >= 15 is 0 Å². The fourth-order valence-electron chi connectivity index (χ4n) is 5.28. The van der Waals surface area contributed by atoms with Crippen molar-refractivity contribution in [3.05, 3.63) is 89.0 Å². The topological polar surface area (TPSA) is 168 Å². The smallest absolute Gasteiger partial charge is 0.323 e. The third-order valence-electron chi connectivity index (χ3n) is 7.72. The summed E-state index contributed by atoms with van der Waals surface area (Å²) in [6, 6.07) is 15.2. The van der Waals surface area contributed by atoms with Gasteiger partial charge in [0.25, 0.3) is 0 Å². The van der Waals surface area contributed by atoms with Crippen LogP contribution in [0.2, 0.25) is 5.15 Å².